The quantitative estimate of drug-likeness (QED) is 0.801. The molecule has 26 heavy (non-hydrogen) atoms. The Hall–Kier alpha value is -1.98. The van der Waals surface area contributed by atoms with E-state index < -0.39 is 15.8 Å². The number of piperazine rings is 1. The van der Waals surface area contributed by atoms with Gasteiger partial charge in [0.15, 0.2) is 0 Å². The van der Waals surface area contributed by atoms with E-state index in [0.29, 0.717) is 38.3 Å². The van der Waals surface area contributed by atoms with Gasteiger partial charge < -0.3 is 0 Å². The molecular formula is C18H17ClFN3O2S. The highest BCUT2D eigenvalue weighted by molar-refractivity contribution is 7.89. The molecule has 136 valence electrons. The zero-order valence-corrected chi connectivity index (χ0v) is 15.5. The number of nitriles is 1. The maximum Gasteiger partial charge on any atom is 0.246 e. The van der Waals surface area contributed by atoms with E-state index in [2.05, 4.69) is 11.0 Å². The Morgan fingerprint density at radius 3 is 2.31 bits per heavy atom. The number of sulfonamides is 1. The molecule has 0 atom stereocenters. The van der Waals surface area contributed by atoms with Gasteiger partial charge in [-0.15, -0.1) is 0 Å². The van der Waals surface area contributed by atoms with Gasteiger partial charge in [0, 0.05) is 37.7 Å². The van der Waals surface area contributed by atoms with Gasteiger partial charge in [0.2, 0.25) is 10.0 Å². The van der Waals surface area contributed by atoms with Crippen molar-refractivity contribution in [3.63, 3.8) is 0 Å². The van der Waals surface area contributed by atoms with Crippen LogP contribution >= 0.6 is 11.6 Å². The van der Waals surface area contributed by atoms with Gasteiger partial charge in [-0.1, -0.05) is 23.7 Å². The monoisotopic (exact) mass is 393 g/mol. The van der Waals surface area contributed by atoms with E-state index in [1.54, 1.807) is 12.1 Å². The Morgan fingerprint density at radius 2 is 1.73 bits per heavy atom. The summed E-state index contributed by atoms with van der Waals surface area (Å²) in [7, 11) is -3.88. The lowest BCUT2D eigenvalue weighted by Gasteiger charge is -2.34. The zero-order chi connectivity index (χ0) is 18.7. The van der Waals surface area contributed by atoms with E-state index in [1.165, 1.54) is 16.4 Å². The third-order valence-electron chi connectivity index (χ3n) is 4.33. The summed E-state index contributed by atoms with van der Waals surface area (Å²) in [6.07, 6.45) is 0. The molecule has 0 unspecified atom stereocenters. The fourth-order valence-corrected chi connectivity index (χ4v) is 4.52. The number of hydrogen-bond donors (Lipinski definition) is 0. The lowest BCUT2D eigenvalue weighted by molar-refractivity contribution is 0.181. The molecule has 0 amide bonds. The molecule has 1 fully saturated rings. The first-order chi connectivity index (χ1) is 12.4. The molecule has 0 bridgehead atoms. The van der Waals surface area contributed by atoms with Crippen LogP contribution in [-0.4, -0.2) is 43.8 Å². The van der Waals surface area contributed by atoms with Crippen LogP contribution in [0.25, 0.3) is 0 Å². The average molecular weight is 394 g/mol. The van der Waals surface area contributed by atoms with Gasteiger partial charge in [0.1, 0.15) is 10.7 Å². The van der Waals surface area contributed by atoms with Crippen LogP contribution in [0.15, 0.2) is 47.4 Å². The second kappa shape index (κ2) is 7.72. The zero-order valence-electron chi connectivity index (χ0n) is 13.9. The van der Waals surface area contributed by atoms with Crippen molar-refractivity contribution < 1.29 is 12.8 Å². The average Bonchev–Trinajstić information content (AvgIpc) is 2.62. The highest BCUT2D eigenvalue weighted by Crippen LogP contribution is 2.23. The number of rotatable bonds is 4. The van der Waals surface area contributed by atoms with E-state index in [1.807, 2.05) is 12.1 Å². The maximum atomic E-state index is 14.0. The molecule has 1 saturated heterocycles. The Labute approximate surface area is 157 Å². The Morgan fingerprint density at radius 1 is 1.08 bits per heavy atom. The van der Waals surface area contributed by atoms with Crippen LogP contribution in [-0.2, 0) is 16.6 Å². The molecule has 0 radical (unpaired) electrons. The predicted octanol–water partition coefficient (Wildman–Crippen LogP) is 2.86. The molecule has 5 nitrogen and oxygen atoms in total. The van der Waals surface area contributed by atoms with E-state index in [-0.39, 0.29) is 9.92 Å². The first-order valence-corrected chi connectivity index (χ1v) is 9.88. The van der Waals surface area contributed by atoms with Gasteiger partial charge in [-0.2, -0.15) is 9.57 Å². The third kappa shape index (κ3) is 4.05. The molecule has 0 aliphatic carbocycles. The summed E-state index contributed by atoms with van der Waals surface area (Å²) in [6, 6.07) is 13.0. The van der Waals surface area contributed by atoms with Gasteiger partial charge in [-0.25, -0.2) is 12.8 Å². The standard InChI is InChI=1S/C18H17ClFN3O2S/c19-16-5-6-18(17(20)11-16)26(24,25)23-9-7-22(8-10-23)13-15-3-1-14(12-21)2-4-15/h1-6,11H,7-10,13H2. The summed E-state index contributed by atoms with van der Waals surface area (Å²) >= 11 is 5.70. The number of hydrogen-bond acceptors (Lipinski definition) is 4. The van der Waals surface area contributed by atoms with Crippen LogP contribution in [0.2, 0.25) is 5.02 Å². The molecule has 0 N–H and O–H groups in total. The van der Waals surface area contributed by atoms with Crippen molar-refractivity contribution in [3.8, 4) is 6.07 Å². The Kier molecular flexibility index (Phi) is 5.58. The van der Waals surface area contributed by atoms with Crippen molar-refractivity contribution in [2.24, 2.45) is 0 Å². The normalized spacial score (nSPS) is 16.3. The minimum Gasteiger partial charge on any atom is -0.296 e. The van der Waals surface area contributed by atoms with Crippen LogP contribution in [0.4, 0.5) is 4.39 Å². The fraction of sp³-hybridized carbons (Fsp3) is 0.278. The van der Waals surface area contributed by atoms with Crippen LogP contribution in [0, 0.1) is 17.1 Å². The van der Waals surface area contributed by atoms with E-state index in [4.69, 9.17) is 16.9 Å². The van der Waals surface area contributed by atoms with E-state index >= 15 is 0 Å². The lowest BCUT2D eigenvalue weighted by Crippen LogP contribution is -2.48. The van der Waals surface area contributed by atoms with Crippen molar-refractivity contribution >= 4 is 21.6 Å². The van der Waals surface area contributed by atoms with Crippen molar-refractivity contribution in [2.75, 3.05) is 26.2 Å². The topological polar surface area (TPSA) is 64.4 Å². The van der Waals surface area contributed by atoms with Gasteiger partial charge in [0.25, 0.3) is 0 Å². The van der Waals surface area contributed by atoms with Crippen molar-refractivity contribution in [3.05, 3.63) is 64.4 Å². The highest BCUT2D eigenvalue weighted by Gasteiger charge is 2.30. The number of nitrogens with zero attached hydrogens (tertiary/aromatic N) is 3. The minimum atomic E-state index is -3.88. The lowest BCUT2D eigenvalue weighted by atomic mass is 10.1. The maximum absolute atomic E-state index is 14.0. The Balaban J connectivity index is 1.64. The summed E-state index contributed by atoms with van der Waals surface area (Å²) < 4.78 is 40.6. The molecule has 1 heterocycles. The number of benzene rings is 2. The van der Waals surface area contributed by atoms with Gasteiger partial charge in [-0.3, -0.25) is 4.90 Å². The Bertz CT molecular complexity index is 934. The molecule has 0 aromatic heterocycles. The smallest absolute Gasteiger partial charge is 0.246 e. The third-order valence-corrected chi connectivity index (χ3v) is 6.50. The summed E-state index contributed by atoms with van der Waals surface area (Å²) in [5.41, 5.74) is 1.67. The molecule has 8 heteroatoms. The predicted molar refractivity (Wildman–Crippen MR) is 96.6 cm³/mol. The van der Waals surface area contributed by atoms with Crippen molar-refractivity contribution in [2.45, 2.75) is 11.4 Å². The summed E-state index contributed by atoms with van der Waals surface area (Å²) in [5, 5.41) is 8.99. The van der Waals surface area contributed by atoms with Gasteiger partial charge >= 0.3 is 0 Å². The van der Waals surface area contributed by atoms with Crippen LogP contribution < -0.4 is 0 Å². The molecule has 1 aliphatic rings. The summed E-state index contributed by atoms with van der Waals surface area (Å²) in [4.78, 5) is 1.79. The molecular weight excluding hydrogens is 377 g/mol. The van der Waals surface area contributed by atoms with Crippen molar-refractivity contribution in [1.82, 2.24) is 9.21 Å². The summed E-state index contributed by atoms with van der Waals surface area (Å²) in [6.45, 7) is 2.36. The second-order valence-corrected chi connectivity index (χ2v) is 8.41. The SMILES string of the molecule is N#Cc1ccc(CN2CCN(S(=O)(=O)c3ccc(Cl)cc3F)CC2)cc1. The molecule has 2 aromatic rings. The second-order valence-electron chi connectivity index (χ2n) is 6.06. The highest BCUT2D eigenvalue weighted by atomic mass is 35.5. The van der Waals surface area contributed by atoms with E-state index in [0.717, 1.165) is 11.6 Å². The van der Waals surface area contributed by atoms with Gasteiger partial charge in [-0.05, 0) is 35.9 Å². The number of halogens is 2. The first kappa shape index (κ1) is 18.8. The minimum absolute atomic E-state index is 0.161. The van der Waals surface area contributed by atoms with E-state index in [9.17, 15) is 12.8 Å². The van der Waals surface area contributed by atoms with Crippen molar-refractivity contribution in [1.29, 1.82) is 5.26 Å². The van der Waals surface area contributed by atoms with Gasteiger partial charge in [0.05, 0.1) is 11.6 Å². The van der Waals surface area contributed by atoms with Crippen LogP contribution in [0.3, 0.4) is 0 Å². The molecule has 0 saturated carbocycles. The van der Waals surface area contributed by atoms with Crippen LogP contribution in [0.1, 0.15) is 11.1 Å². The largest absolute Gasteiger partial charge is 0.296 e. The summed E-state index contributed by atoms with van der Waals surface area (Å²) in [5.74, 6) is -0.836. The molecule has 2 aromatic carbocycles. The molecule has 0 spiro atoms. The van der Waals surface area contributed by atoms with Crippen LogP contribution in [0.5, 0.6) is 0 Å². The molecule has 3 rings (SSSR count). The first-order valence-electron chi connectivity index (χ1n) is 8.07. The fourth-order valence-electron chi connectivity index (χ4n) is 2.89. The molecule has 1 aliphatic heterocycles.